The van der Waals surface area contributed by atoms with Gasteiger partial charge < -0.3 is 14.8 Å². The second-order valence-electron chi connectivity index (χ2n) is 4.30. The lowest BCUT2D eigenvalue weighted by molar-refractivity contribution is -0.171. The van der Waals surface area contributed by atoms with E-state index in [1.807, 2.05) is 26.8 Å². The Balaban J connectivity index is 4.65. The molecule has 4 heteroatoms. The summed E-state index contributed by atoms with van der Waals surface area (Å²) in [6.45, 7) is 8.48. The van der Waals surface area contributed by atoms with Gasteiger partial charge in [-0.05, 0) is 40.2 Å². The van der Waals surface area contributed by atoms with Crippen molar-refractivity contribution in [1.82, 2.24) is 5.32 Å². The zero-order valence-corrected chi connectivity index (χ0v) is 12.1. The summed E-state index contributed by atoms with van der Waals surface area (Å²) >= 11 is 0. The van der Waals surface area contributed by atoms with Crippen LogP contribution < -0.4 is 5.32 Å². The van der Waals surface area contributed by atoms with Crippen molar-refractivity contribution in [3.05, 3.63) is 12.2 Å². The largest absolute Gasteiger partial charge is 0.353 e. The Morgan fingerprint density at radius 1 is 1.39 bits per heavy atom. The number of allylic oxidation sites excluding steroid dienone is 2. The average molecular weight is 254 g/mol. The van der Waals surface area contributed by atoms with Gasteiger partial charge >= 0.3 is 0 Å². The Bertz CT molecular complexity index is 273. The van der Waals surface area contributed by atoms with Crippen molar-refractivity contribution >= 4 is 0 Å². The van der Waals surface area contributed by atoms with E-state index in [0.29, 0.717) is 6.61 Å². The Kier molecular flexibility index (Phi) is 9.57. The van der Waals surface area contributed by atoms with Crippen LogP contribution >= 0.6 is 0 Å². The first-order chi connectivity index (χ1) is 8.60. The number of nitrogens with one attached hydrogen (secondary N) is 1. The maximum atomic E-state index is 9.16. The van der Waals surface area contributed by atoms with Crippen LogP contribution in [0.1, 0.15) is 34.1 Å². The topological polar surface area (TPSA) is 54.3 Å². The van der Waals surface area contributed by atoms with Gasteiger partial charge in [0.1, 0.15) is 6.04 Å². The third-order valence-electron chi connectivity index (χ3n) is 2.83. The summed E-state index contributed by atoms with van der Waals surface area (Å²) < 4.78 is 11.2. The lowest BCUT2D eigenvalue weighted by Crippen LogP contribution is -2.44. The highest BCUT2D eigenvalue weighted by atomic mass is 16.7. The minimum absolute atomic E-state index is 0.183. The van der Waals surface area contributed by atoms with Gasteiger partial charge in [-0.2, -0.15) is 5.26 Å². The van der Waals surface area contributed by atoms with E-state index >= 15 is 0 Å². The molecule has 4 nitrogen and oxygen atoms in total. The molecule has 0 heterocycles. The summed E-state index contributed by atoms with van der Waals surface area (Å²) in [4.78, 5) is 0. The highest BCUT2D eigenvalue weighted by Crippen LogP contribution is 2.18. The summed E-state index contributed by atoms with van der Waals surface area (Å²) in [5.41, 5.74) is 0. The molecular formula is C14H26N2O2. The first-order valence-corrected chi connectivity index (χ1v) is 6.55. The zero-order valence-electron chi connectivity index (χ0n) is 12.1. The molecule has 0 aliphatic carbocycles. The Hall–Kier alpha value is -0.890. The molecule has 0 aromatic rings. The van der Waals surface area contributed by atoms with Crippen molar-refractivity contribution in [1.29, 1.82) is 5.26 Å². The van der Waals surface area contributed by atoms with Gasteiger partial charge in [0.2, 0.25) is 0 Å². The van der Waals surface area contributed by atoms with E-state index in [9.17, 15) is 0 Å². The van der Waals surface area contributed by atoms with E-state index in [1.54, 1.807) is 7.05 Å². The normalized spacial score (nSPS) is 18.2. The molecule has 0 aromatic heterocycles. The third-order valence-corrected chi connectivity index (χ3v) is 2.83. The summed E-state index contributed by atoms with van der Waals surface area (Å²) in [5, 5.41) is 12.2. The van der Waals surface area contributed by atoms with Gasteiger partial charge in [-0.1, -0.05) is 19.1 Å². The summed E-state index contributed by atoms with van der Waals surface area (Å²) in [6.07, 6.45) is 4.52. The van der Waals surface area contributed by atoms with E-state index in [2.05, 4.69) is 24.4 Å². The third kappa shape index (κ3) is 6.15. The standard InChI is InChI=1S/C14H26N2O2/c1-6-8-9-11(3)14(13(10-15)16-5)18-12(4)17-7-2/h6,8,11-14,16H,7,9H2,1-5H3/b8-6+. The molecule has 0 rings (SSSR count). The van der Waals surface area contributed by atoms with Crippen LogP contribution in [0.15, 0.2) is 12.2 Å². The Labute approximate surface area is 111 Å². The lowest BCUT2D eigenvalue weighted by Gasteiger charge is -2.30. The van der Waals surface area contributed by atoms with Gasteiger partial charge in [0.25, 0.3) is 0 Å². The molecule has 104 valence electrons. The molecule has 0 saturated heterocycles. The quantitative estimate of drug-likeness (QED) is 0.507. The molecule has 4 unspecified atom stereocenters. The number of hydrogen-bond donors (Lipinski definition) is 1. The van der Waals surface area contributed by atoms with Gasteiger partial charge in [0, 0.05) is 6.61 Å². The molecule has 1 N–H and O–H groups in total. The molecule has 0 saturated carbocycles. The molecule has 18 heavy (non-hydrogen) atoms. The predicted octanol–water partition coefficient (Wildman–Crippen LogP) is 2.47. The van der Waals surface area contributed by atoms with E-state index in [-0.39, 0.29) is 24.4 Å². The first-order valence-electron chi connectivity index (χ1n) is 6.55. The van der Waals surface area contributed by atoms with Gasteiger partial charge in [-0.15, -0.1) is 0 Å². The van der Waals surface area contributed by atoms with Crippen molar-refractivity contribution in [3.63, 3.8) is 0 Å². The highest BCUT2D eigenvalue weighted by Gasteiger charge is 2.28. The molecule has 0 aliphatic heterocycles. The molecule has 0 aliphatic rings. The second kappa shape index (κ2) is 10.1. The van der Waals surface area contributed by atoms with Crippen LogP contribution in [0.5, 0.6) is 0 Å². The van der Waals surface area contributed by atoms with Crippen LogP contribution in [0.4, 0.5) is 0 Å². The molecule has 0 amide bonds. The van der Waals surface area contributed by atoms with Crippen molar-refractivity contribution < 1.29 is 9.47 Å². The molecular weight excluding hydrogens is 228 g/mol. The fraction of sp³-hybridized carbons (Fsp3) is 0.786. The second-order valence-corrected chi connectivity index (χ2v) is 4.30. The zero-order chi connectivity index (χ0) is 14.0. The van der Waals surface area contributed by atoms with Crippen molar-refractivity contribution in [2.24, 2.45) is 5.92 Å². The van der Waals surface area contributed by atoms with Crippen LogP contribution in [0.3, 0.4) is 0 Å². The Morgan fingerprint density at radius 2 is 2.06 bits per heavy atom. The molecule has 0 spiro atoms. The van der Waals surface area contributed by atoms with E-state index in [1.165, 1.54) is 0 Å². The van der Waals surface area contributed by atoms with Crippen LogP contribution in [0, 0.1) is 17.2 Å². The number of likely N-dealkylation sites (N-methyl/N-ethyl adjacent to an activating group) is 1. The SMILES string of the molecule is C/C=C/CC(C)C(OC(C)OCC)C(C#N)NC. The number of nitrogens with zero attached hydrogens (tertiary/aromatic N) is 1. The number of ether oxygens (including phenoxy) is 2. The van der Waals surface area contributed by atoms with Crippen LogP contribution in [-0.4, -0.2) is 32.1 Å². The maximum Gasteiger partial charge on any atom is 0.155 e. The Morgan fingerprint density at radius 3 is 2.50 bits per heavy atom. The molecule has 0 aromatic carbocycles. The van der Waals surface area contributed by atoms with Crippen molar-refractivity contribution in [2.45, 2.75) is 52.6 Å². The summed E-state index contributed by atoms with van der Waals surface area (Å²) in [5.74, 6) is 0.251. The highest BCUT2D eigenvalue weighted by molar-refractivity contribution is 4.98. The minimum atomic E-state index is -0.326. The summed E-state index contributed by atoms with van der Waals surface area (Å²) in [7, 11) is 1.78. The van der Waals surface area contributed by atoms with Crippen LogP contribution in [0.25, 0.3) is 0 Å². The molecule has 0 fully saturated rings. The van der Waals surface area contributed by atoms with E-state index < -0.39 is 0 Å². The summed E-state index contributed by atoms with van der Waals surface area (Å²) in [6, 6.07) is 1.92. The number of hydrogen-bond acceptors (Lipinski definition) is 4. The van der Waals surface area contributed by atoms with Gasteiger partial charge in [0.05, 0.1) is 12.2 Å². The smallest absolute Gasteiger partial charge is 0.155 e. The van der Waals surface area contributed by atoms with Crippen molar-refractivity contribution in [2.75, 3.05) is 13.7 Å². The monoisotopic (exact) mass is 254 g/mol. The van der Waals surface area contributed by atoms with Crippen molar-refractivity contribution in [3.8, 4) is 6.07 Å². The van der Waals surface area contributed by atoms with Crippen LogP contribution in [0.2, 0.25) is 0 Å². The number of nitriles is 1. The van der Waals surface area contributed by atoms with E-state index in [4.69, 9.17) is 14.7 Å². The minimum Gasteiger partial charge on any atom is -0.353 e. The fourth-order valence-electron chi connectivity index (χ4n) is 1.82. The fourth-order valence-corrected chi connectivity index (χ4v) is 1.82. The van der Waals surface area contributed by atoms with Gasteiger partial charge in [0.15, 0.2) is 6.29 Å². The number of rotatable bonds is 9. The molecule has 0 radical (unpaired) electrons. The molecule has 0 bridgehead atoms. The molecule has 4 atom stereocenters. The maximum absolute atomic E-state index is 9.16. The van der Waals surface area contributed by atoms with Gasteiger partial charge in [-0.25, -0.2) is 0 Å². The first kappa shape index (κ1) is 17.1. The van der Waals surface area contributed by atoms with Crippen LogP contribution in [-0.2, 0) is 9.47 Å². The van der Waals surface area contributed by atoms with Gasteiger partial charge in [-0.3, -0.25) is 0 Å². The lowest BCUT2D eigenvalue weighted by atomic mass is 9.95. The van der Waals surface area contributed by atoms with E-state index in [0.717, 1.165) is 6.42 Å². The predicted molar refractivity (Wildman–Crippen MR) is 73.0 cm³/mol. The average Bonchev–Trinajstić information content (AvgIpc) is 2.36.